The SMILES string of the molecule is N#Cc1nc(N2CCC(C(=O)O)CC2)ccc1[N+](=O)[O-]. The summed E-state index contributed by atoms with van der Waals surface area (Å²) in [5.41, 5.74) is -0.551. The minimum atomic E-state index is -0.806. The lowest BCUT2D eigenvalue weighted by Gasteiger charge is -2.30. The Morgan fingerprint density at radius 2 is 2.15 bits per heavy atom. The summed E-state index contributed by atoms with van der Waals surface area (Å²) in [5.74, 6) is -0.699. The van der Waals surface area contributed by atoms with E-state index in [1.807, 2.05) is 4.90 Å². The number of hydrogen-bond acceptors (Lipinski definition) is 6. The van der Waals surface area contributed by atoms with Gasteiger partial charge in [0.05, 0.1) is 10.8 Å². The fourth-order valence-corrected chi connectivity index (χ4v) is 2.20. The zero-order chi connectivity index (χ0) is 14.7. The first-order valence-electron chi connectivity index (χ1n) is 6.06. The highest BCUT2D eigenvalue weighted by Crippen LogP contribution is 2.25. The third kappa shape index (κ3) is 2.66. The molecule has 0 aliphatic carbocycles. The van der Waals surface area contributed by atoms with E-state index < -0.39 is 10.9 Å². The lowest BCUT2D eigenvalue weighted by atomic mass is 9.97. The van der Waals surface area contributed by atoms with Gasteiger partial charge in [0.15, 0.2) is 0 Å². The second kappa shape index (κ2) is 5.52. The molecule has 1 saturated heterocycles. The number of piperidine rings is 1. The van der Waals surface area contributed by atoms with E-state index in [9.17, 15) is 14.9 Å². The molecular weight excluding hydrogens is 264 g/mol. The van der Waals surface area contributed by atoms with Crippen molar-refractivity contribution in [3.05, 3.63) is 27.9 Å². The van der Waals surface area contributed by atoms with Crippen LogP contribution in [0.3, 0.4) is 0 Å². The van der Waals surface area contributed by atoms with Gasteiger partial charge in [0.1, 0.15) is 11.9 Å². The number of aliphatic carboxylic acids is 1. The van der Waals surface area contributed by atoms with Gasteiger partial charge in [0.25, 0.3) is 0 Å². The molecule has 2 rings (SSSR count). The molecule has 1 aliphatic heterocycles. The van der Waals surface area contributed by atoms with E-state index in [1.54, 1.807) is 6.07 Å². The molecule has 1 aromatic heterocycles. The summed E-state index contributed by atoms with van der Waals surface area (Å²) in [6.45, 7) is 1.01. The number of nitriles is 1. The predicted octanol–water partition coefficient (Wildman–Crippen LogP) is 1.16. The second-order valence-electron chi connectivity index (χ2n) is 4.51. The Morgan fingerprint density at radius 1 is 1.50 bits per heavy atom. The molecule has 1 aliphatic rings. The van der Waals surface area contributed by atoms with Crippen LogP contribution in [-0.4, -0.2) is 34.1 Å². The summed E-state index contributed by atoms with van der Waals surface area (Å²) in [5, 5.41) is 28.5. The molecule has 8 nitrogen and oxygen atoms in total. The largest absolute Gasteiger partial charge is 0.481 e. The number of rotatable bonds is 3. The maximum absolute atomic E-state index is 10.9. The van der Waals surface area contributed by atoms with Crippen LogP contribution in [0.4, 0.5) is 11.5 Å². The Balaban J connectivity index is 2.17. The van der Waals surface area contributed by atoms with E-state index in [4.69, 9.17) is 10.4 Å². The second-order valence-corrected chi connectivity index (χ2v) is 4.51. The molecule has 1 N–H and O–H groups in total. The number of carboxylic acids is 1. The molecule has 1 aromatic rings. The smallest absolute Gasteiger partial charge is 0.306 e. The number of pyridine rings is 1. The van der Waals surface area contributed by atoms with Crippen molar-refractivity contribution in [1.29, 1.82) is 5.26 Å². The molecular formula is C12H12N4O4. The van der Waals surface area contributed by atoms with Gasteiger partial charge >= 0.3 is 11.7 Å². The Bertz CT molecular complexity index is 588. The summed E-state index contributed by atoms with van der Waals surface area (Å²) in [4.78, 5) is 26.8. The van der Waals surface area contributed by atoms with Crippen molar-refractivity contribution >= 4 is 17.5 Å². The minimum absolute atomic E-state index is 0.229. The summed E-state index contributed by atoms with van der Waals surface area (Å²) in [6, 6.07) is 4.45. The molecule has 0 saturated carbocycles. The summed E-state index contributed by atoms with van der Waals surface area (Å²) < 4.78 is 0. The summed E-state index contributed by atoms with van der Waals surface area (Å²) in [6.07, 6.45) is 0.992. The predicted molar refractivity (Wildman–Crippen MR) is 68.2 cm³/mol. The maximum atomic E-state index is 10.9. The van der Waals surface area contributed by atoms with E-state index in [2.05, 4.69) is 4.98 Å². The first-order chi connectivity index (χ1) is 9.52. The first-order valence-corrected chi connectivity index (χ1v) is 6.06. The monoisotopic (exact) mass is 276 g/mol. The molecule has 2 heterocycles. The van der Waals surface area contributed by atoms with E-state index in [1.165, 1.54) is 12.1 Å². The molecule has 8 heteroatoms. The van der Waals surface area contributed by atoms with Crippen LogP contribution < -0.4 is 4.90 Å². The van der Waals surface area contributed by atoms with Crippen molar-refractivity contribution in [1.82, 2.24) is 4.98 Å². The minimum Gasteiger partial charge on any atom is -0.481 e. The van der Waals surface area contributed by atoms with Gasteiger partial charge in [0, 0.05) is 19.2 Å². The van der Waals surface area contributed by atoms with E-state index in [0.717, 1.165) is 0 Å². The van der Waals surface area contributed by atoms with Crippen molar-refractivity contribution in [2.75, 3.05) is 18.0 Å². The molecule has 0 radical (unpaired) electrons. The Labute approximate surface area is 114 Å². The van der Waals surface area contributed by atoms with Crippen LogP contribution in [0.25, 0.3) is 0 Å². The first kappa shape index (κ1) is 13.7. The van der Waals surface area contributed by atoms with Gasteiger partial charge < -0.3 is 10.0 Å². The quantitative estimate of drug-likeness (QED) is 0.649. The highest BCUT2D eigenvalue weighted by molar-refractivity contribution is 5.70. The summed E-state index contributed by atoms with van der Waals surface area (Å²) in [7, 11) is 0. The van der Waals surface area contributed by atoms with Crippen LogP contribution in [0.5, 0.6) is 0 Å². The lowest BCUT2D eigenvalue weighted by molar-refractivity contribution is -0.385. The van der Waals surface area contributed by atoms with Gasteiger partial charge in [-0.1, -0.05) is 0 Å². The fraction of sp³-hybridized carbons (Fsp3) is 0.417. The number of anilines is 1. The third-order valence-corrected chi connectivity index (χ3v) is 3.33. The van der Waals surface area contributed by atoms with Crippen LogP contribution >= 0.6 is 0 Å². The topological polar surface area (TPSA) is 120 Å². The van der Waals surface area contributed by atoms with Crippen LogP contribution in [-0.2, 0) is 4.79 Å². The Hall–Kier alpha value is -2.69. The van der Waals surface area contributed by atoms with E-state index in [-0.39, 0.29) is 17.3 Å². The number of nitro groups is 1. The Morgan fingerprint density at radius 3 is 2.65 bits per heavy atom. The van der Waals surface area contributed by atoms with Gasteiger partial charge in [-0.05, 0) is 18.9 Å². The van der Waals surface area contributed by atoms with Gasteiger partial charge in [-0.15, -0.1) is 0 Å². The van der Waals surface area contributed by atoms with Crippen LogP contribution in [0.15, 0.2) is 12.1 Å². The number of carboxylic acid groups (broad SMARTS) is 1. The van der Waals surface area contributed by atoms with Crippen molar-refractivity contribution < 1.29 is 14.8 Å². The maximum Gasteiger partial charge on any atom is 0.306 e. The molecule has 1 fully saturated rings. The zero-order valence-corrected chi connectivity index (χ0v) is 10.5. The molecule has 0 aromatic carbocycles. The average molecular weight is 276 g/mol. The third-order valence-electron chi connectivity index (χ3n) is 3.33. The molecule has 20 heavy (non-hydrogen) atoms. The molecule has 0 atom stereocenters. The van der Waals surface area contributed by atoms with Gasteiger partial charge in [-0.2, -0.15) is 5.26 Å². The van der Waals surface area contributed by atoms with Crippen molar-refractivity contribution in [3.8, 4) is 6.07 Å². The highest BCUT2D eigenvalue weighted by atomic mass is 16.6. The molecule has 0 bridgehead atoms. The molecule has 0 amide bonds. The highest BCUT2D eigenvalue weighted by Gasteiger charge is 2.26. The average Bonchev–Trinajstić information content (AvgIpc) is 2.46. The van der Waals surface area contributed by atoms with Crippen molar-refractivity contribution in [3.63, 3.8) is 0 Å². The summed E-state index contributed by atoms with van der Waals surface area (Å²) >= 11 is 0. The fourth-order valence-electron chi connectivity index (χ4n) is 2.20. The molecule has 0 spiro atoms. The number of carbonyl (C=O) groups is 1. The standard InChI is InChI=1S/C12H12N4O4/c13-7-9-10(16(19)20)1-2-11(14-9)15-5-3-8(4-6-15)12(17)18/h1-2,8H,3-6H2,(H,17,18). The number of aromatic nitrogens is 1. The van der Waals surface area contributed by atoms with Gasteiger partial charge in [-0.25, -0.2) is 4.98 Å². The van der Waals surface area contributed by atoms with Gasteiger partial charge in [0.2, 0.25) is 5.69 Å². The Kier molecular flexibility index (Phi) is 3.79. The normalized spacial score (nSPS) is 15.7. The van der Waals surface area contributed by atoms with Crippen molar-refractivity contribution in [2.24, 2.45) is 5.92 Å². The van der Waals surface area contributed by atoms with Gasteiger partial charge in [-0.3, -0.25) is 14.9 Å². The lowest BCUT2D eigenvalue weighted by Crippen LogP contribution is -2.36. The van der Waals surface area contributed by atoms with E-state index >= 15 is 0 Å². The van der Waals surface area contributed by atoms with Crippen LogP contribution in [0.1, 0.15) is 18.5 Å². The number of hydrogen-bond donors (Lipinski definition) is 1. The van der Waals surface area contributed by atoms with Crippen molar-refractivity contribution in [2.45, 2.75) is 12.8 Å². The van der Waals surface area contributed by atoms with E-state index in [0.29, 0.717) is 31.7 Å². The van der Waals surface area contributed by atoms with Crippen LogP contribution in [0.2, 0.25) is 0 Å². The molecule has 104 valence electrons. The molecule has 0 unspecified atom stereocenters. The van der Waals surface area contributed by atoms with Crippen LogP contribution in [0, 0.1) is 27.4 Å². The number of nitrogens with zero attached hydrogens (tertiary/aromatic N) is 4. The zero-order valence-electron chi connectivity index (χ0n) is 10.5.